The summed E-state index contributed by atoms with van der Waals surface area (Å²) in [7, 11) is -1.80. The average molecular weight is 504 g/mol. The number of fused-ring (bicyclic) bond motifs is 1. The van der Waals surface area contributed by atoms with Crippen molar-refractivity contribution in [2.45, 2.75) is 32.4 Å². The minimum atomic E-state index is -3.67. The highest BCUT2D eigenvalue weighted by atomic mass is 32.2. The number of rotatable bonds is 12. The third-order valence-electron chi connectivity index (χ3n) is 6.32. The maximum atomic E-state index is 14.3. The lowest BCUT2D eigenvalue weighted by Gasteiger charge is -2.26. The summed E-state index contributed by atoms with van der Waals surface area (Å²) >= 11 is 0. The molecule has 0 unspecified atom stereocenters. The van der Waals surface area contributed by atoms with Gasteiger partial charge >= 0.3 is 10.2 Å². The molecule has 0 radical (unpaired) electrons. The van der Waals surface area contributed by atoms with E-state index in [2.05, 4.69) is 15.2 Å². The third-order valence-corrected chi connectivity index (χ3v) is 8.14. The number of pyridine rings is 1. The topological polar surface area (TPSA) is 79.7 Å². The molecule has 0 saturated carbocycles. The second-order valence-corrected chi connectivity index (χ2v) is 10.6. The van der Waals surface area contributed by atoms with E-state index in [1.165, 1.54) is 10.2 Å². The Labute approximate surface area is 206 Å². The lowest BCUT2D eigenvalue weighted by molar-refractivity contribution is 0.100. The molecule has 8 nitrogen and oxygen atoms in total. The van der Waals surface area contributed by atoms with Crippen molar-refractivity contribution in [2.24, 2.45) is 0 Å². The molecule has 190 valence electrons. The van der Waals surface area contributed by atoms with Gasteiger partial charge in [0.2, 0.25) is 5.95 Å². The zero-order chi connectivity index (χ0) is 24.7. The van der Waals surface area contributed by atoms with Crippen molar-refractivity contribution in [2.75, 3.05) is 46.4 Å². The average Bonchev–Trinajstić information content (AvgIpc) is 3.25. The fraction of sp³-hybridized carbons (Fsp3) is 0.480. The number of hydrogen-bond donors (Lipinski definition) is 1. The molecule has 3 heterocycles. The first-order valence-corrected chi connectivity index (χ1v) is 13.5. The largest absolute Gasteiger partial charge is 0.379 e. The lowest BCUT2D eigenvalue weighted by atomic mass is 10.1. The molecule has 0 bridgehead atoms. The number of nitrogens with one attached hydrogen (secondary N) is 1. The molecule has 0 atom stereocenters. The van der Waals surface area contributed by atoms with Crippen molar-refractivity contribution in [1.29, 1.82) is 0 Å². The molecule has 10 heteroatoms. The van der Waals surface area contributed by atoms with E-state index in [0.29, 0.717) is 57.0 Å². The molecule has 3 aromatic rings. The zero-order valence-corrected chi connectivity index (χ0v) is 21.0. The van der Waals surface area contributed by atoms with E-state index in [4.69, 9.17) is 4.74 Å². The van der Waals surface area contributed by atoms with E-state index in [1.54, 1.807) is 22.6 Å². The quantitative estimate of drug-likeness (QED) is 0.302. The van der Waals surface area contributed by atoms with Crippen molar-refractivity contribution in [1.82, 2.24) is 23.5 Å². The molecular formula is C25H34FN5O3S. The number of benzene rings is 1. The molecule has 1 N–H and O–H groups in total. The maximum absolute atomic E-state index is 14.3. The maximum Gasteiger partial charge on any atom is 0.307 e. The first kappa shape index (κ1) is 25.7. The molecule has 1 aliphatic rings. The van der Waals surface area contributed by atoms with Crippen LogP contribution in [0.25, 0.3) is 10.9 Å². The fourth-order valence-corrected chi connectivity index (χ4v) is 6.09. The Kier molecular flexibility index (Phi) is 8.85. The van der Waals surface area contributed by atoms with E-state index in [0.717, 1.165) is 36.8 Å². The Bertz CT molecular complexity index is 1210. The van der Waals surface area contributed by atoms with Gasteiger partial charge in [0.1, 0.15) is 0 Å². The van der Waals surface area contributed by atoms with Crippen molar-refractivity contribution in [3.05, 3.63) is 65.9 Å². The van der Waals surface area contributed by atoms with Crippen LogP contribution in [0.1, 0.15) is 30.4 Å². The monoisotopic (exact) mass is 503 g/mol. The summed E-state index contributed by atoms with van der Waals surface area (Å²) in [4.78, 5) is 5.84. The van der Waals surface area contributed by atoms with Crippen LogP contribution < -0.4 is 5.32 Å². The molecule has 0 aliphatic carbocycles. The number of halogens is 1. The fourth-order valence-electron chi connectivity index (χ4n) is 4.46. The van der Waals surface area contributed by atoms with Crippen molar-refractivity contribution < 1.29 is 17.5 Å². The van der Waals surface area contributed by atoms with Gasteiger partial charge in [-0.05, 0) is 37.6 Å². The van der Waals surface area contributed by atoms with Gasteiger partial charge in [-0.1, -0.05) is 30.7 Å². The van der Waals surface area contributed by atoms with Crippen LogP contribution in [0.2, 0.25) is 0 Å². The van der Waals surface area contributed by atoms with Crippen molar-refractivity contribution in [3.8, 4) is 0 Å². The highest BCUT2D eigenvalue weighted by Gasteiger charge is 2.28. The summed E-state index contributed by atoms with van der Waals surface area (Å²) in [5.41, 5.74) is 2.03. The van der Waals surface area contributed by atoms with Gasteiger partial charge in [0.15, 0.2) is 0 Å². The Morgan fingerprint density at radius 3 is 2.60 bits per heavy atom. The number of likely N-dealkylation sites (N-methyl/N-ethyl adjacent to an activating group) is 1. The van der Waals surface area contributed by atoms with Crippen LogP contribution in [0.3, 0.4) is 0 Å². The Morgan fingerprint density at radius 1 is 1.06 bits per heavy atom. The molecule has 1 saturated heterocycles. The van der Waals surface area contributed by atoms with Crippen LogP contribution in [-0.2, 0) is 28.0 Å². The SMILES string of the molecule is CNCCOCCN(Cc1cccnc1F)Cc1cn(S(=O)(=O)N2CCCCC2)c2ccccc12. The van der Waals surface area contributed by atoms with Gasteiger partial charge in [-0.25, -0.2) is 8.96 Å². The molecule has 0 amide bonds. The van der Waals surface area contributed by atoms with Gasteiger partial charge in [0.05, 0.1) is 18.7 Å². The Hall–Kier alpha value is -2.37. The van der Waals surface area contributed by atoms with E-state index in [1.807, 2.05) is 31.3 Å². The van der Waals surface area contributed by atoms with Gasteiger partial charge in [0.25, 0.3) is 0 Å². The Morgan fingerprint density at radius 2 is 1.83 bits per heavy atom. The molecule has 2 aromatic heterocycles. The van der Waals surface area contributed by atoms with Gasteiger partial charge in [-0.2, -0.15) is 17.1 Å². The normalized spacial score (nSPS) is 15.3. The Balaban J connectivity index is 1.61. The van der Waals surface area contributed by atoms with Crippen molar-refractivity contribution in [3.63, 3.8) is 0 Å². The van der Waals surface area contributed by atoms with Crippen LogP contribution >= 0.6 is 0 Å². The molecular weight excluding hydrogens is 469 g/mol. The summed E-state index contributed by atoms with van der Waals surface area (Å²) in [6, 6.07) is 11.0. The third kappa shape index (κ3) is 6.25. The van der Waals surface area contributed by atoms with Crippen LogP contribution in [0.4, 0.5) is 4.39 Å². The minimum absolute atomic E-state index is 0.341. The number of piperidine rings is 1. The number of hydrogen-bond acceptors (Lipinski definition) is 6. The second-order valence-electron chi connectivity index (χ2n) is 8.81. The molecule has 0 spiro atoms. The lowest BCUT2D eigenvalue weighted by Crippen LogP contribution is -2.39. The van der Waals surface area contributed by atoms with Crippen LogP contribution in [0.15, 0.2) is 48.8 Å². The van der Waals surface area contributed by atoms with Crippen LogP contribution in [0, 0.1) is 5.95 Å². The van der Waals surface area contributed by atoms with E-state index < -0.39 is 16.2 Å². The van der Waals surface area contributed by atoms with Gasteiger partial charge < -0.3 is 10.1 Å². The summed E-state index contributed by atoms with van der Waals surface area (Å²) in [6.07, 6.45) is 5.97. The second kappa shape index (κ2) is 12.0. The highest BCUT2D eigenvalue weighted by Crippen LogP contribution is 2.27. The summed E-state index contributed by atoms with van der Waals surface area (Å²) in [5, 5.41) is 3.92. The van der Waals surface area contributed by atoms with Crippen molar-refractivity contribution >= 4 is 21.1 Å². The molecule has 1 aliphatic heterocycles. The van der Waals surface area contributed by atoms with Gasteiger partial charge in [-0.15, -0.1) is 0 Å². The van der Waals surface area contributed by atoms with E-state index >= 15 is 0 Å². The molecule has 4 rings (SSSR count). The predicted molar refractivity (Wildman–Crippen MR) is 135 cm³/mol. The smallest absolute Gasteiger partial charge is 0.307 e. The highest BCUT2D eigenvalue weighted by molar-refractivity contribution is 7.87. The first-order valence-electron chi connectivity index (χ1n) is 12.1. The van der Waals surface area contributed by atoms with Crippen LogP contribution in [-0.4, -0.2) is 73.0 Å². The molecule has 35 heavy (non-hydrogen) atoms. The first-order chi connectivity index (χ1) is 17.0. The molecule has 1 fully saturated rings. The van der Waals surface area contributed by atoms with E-state index in [-0.39, 0.29) is 0 Å². The zero-order valence-electron chi connectivity index (χ0n) is 20.2. The number of nitrogens with zero attached hydrogens (tertiary/aromatic N) is 4. The predicted octanol–water partition coefficient (Wildman–Crippen LogP) is 2.99. The molecule has 1 aromatic carbocycles. The minimum Gasteiger partial charge on any atom is -0.379 e. The van der Waals surface area contributed by atoms with Gasteiger partial charge in [0, 0.05) is 62.6 Å². The number of aromatic nitrogens is 2. The number of para-hydroxylation sites is 1. The number of ether oxygens (including phenoxy) is 1. The summed E-state index contributed by atoms with van der Waals surface area (Å²) in [6.45, 7) is 4.25. The van der Waals surface area contributed by atoms with Crippen LogP contribution in [0.5, 0.6) is 0 Å². The van der Waals surface area contributed by atoms with Gasteiger partial charge in [-0.3, -0.25) is 4.90 Å². The summed E-state index contributed by atoms with van der Waals surface area (Å²) < 4.78 is 50.0. The standard InChI is InChI=1S/C25H34FN5O3S/c1-27-12-16-34-17-15-29(18-21-8-7-11-28-25(21)26)19-22-20-31(24-10-4-3-9-23(22)24)35(32,33)30-13-5-2-6-14-30/h3-4,7-11,20,27H,2,5-6,12-19H2,1H3. The summed E-state index contributed by atoms with van der Waals surface area (Å²) in [5.74, 6) is -0.497. The van der Waals surface area contributed by atoms with E-state index in [9.17, 15) is 12.8 Å².